The summed E-state index contributed by atoms with van der Waals surface area (Å²) in [6.07, 6.45) is 1.90. The molecule has 134 valence electrons. The van der Waals surface area contributed by atoms with Crippen molar-refractivity contribution in [2.75, 3.05) is 31.0 Å². The first kappa shape index (κ1) is 20.2. The zero-order valence-electron chi connectivity index (χ0n) is 14.0. The van der Waals surface area contributed by atoms with E-state index in [9.17, 15) is 9.59 Å². The van der Waals surface area contributed by atoms with Gasteiger partial charge in [0.25, 0.3) is 0 Å². The molecule has 10 heteroatoms. The molecule has 0 aromatic carbocycles. The monoisotopic (exact) mass is 375 g/mol. The van der Waals surface area contributed by atoms with Crippen molar-refractivity contribution in [1.29, 1.82) is 0 Å². The number of esters is 2. The molecule has 0 aliphatic carbocycles. The van der Waals surface area contributed by atoms with E-state index in [-0.39, 0.29) is 23.1 Å². The van der Waals surface area contributed by atoms with Gasteiger partial charge in [-0.25, -0.2) is 14.6 Å². The van der Waals surface area contributed by atoms with E-state index in [0.29, 0.717) is 5.75 Å². The zero-order valence-corrected chi connectivity index (χ0v) is 15.7. The van der Waals surface area contributed by atoms with E-state index >= 15 is 0 Å². The van der Waals surface area contributed by atoms with E-state index in [2.05, 4.69) is 10.1 Å². The molecule has 0 fully saturated rings. The van der Waals surface area contributed by atoms with E-state index in [1.807, 2.05) is 6.26 Å². The third-order valence-corrected chi connectivity index (χ3v) is 3.49. The number of nitrogen functional groups attached to an aromatic ring is 1. The van der Waals surface area contributed by atoms with E-state index in [4.69, 9.17) is 20.0 Å². The predicted molar refractivity (Wildman–Crippen MR) is 94.2 cm³/mol. The molecular weight excluding hydrogens is 354 g/mol. The Balaban J connectivity index is 2.74. The lowest BCUT2D eigenvalue weighted by molar-refractivity contribution is -0.160. The number of anilines is 1. The van der Waals surface area contributed by atoms with Crippen LogP contribution in [0.3, 0.4) is 0 Å². The quantitative estimate of drug-likeness (QED) is 0.316. The summed E-state index contributed by atoms with van der Waals surface area (Å²) in [6, 6.07) is 0. The lowest BCUT2D eigenvalue weighted by Gasteiger charge is -2.18. The van der Waals surface area contributed by atoms with Crippen molar-refractivity contribution in [2.45, 2.75) is 26.4 Å². The number of hydrogen-bond acceptors (Lipinski definition) is 10. The molecule has 0 aliphatic rings. The third kappa shape index (κ3) is 7.64. The van der Waals surface area contributed by atoms with Gasteiger partial charge in [0.05, 0.1) is 0 Å². The summed E-state index contributed by atoms with van der Waals surface area (Å²) in [4.78, 5) is 32.6. The second-order valence-electron chi connectivity index (χ2n) is 5.50. The largest absolute Gasteiger partial charge is 0.460 e. The number of ether oxygens (including phenoxy) is 2. The van der Waals surface area contributed by atoms with Gasteiger partial charge in [0, 0.05) is 11.1 Å². The molecule has 1 rings (SSSR count). The zero-order chi connectivity index (χ0) is 18.2. The number of hydrogen-bond donors (Lipinski definition) is 1. The topological polar surface area (TPSA) is 113 Å². The average molecular weight is 375 g/mol. The van der Waals surface area contributed by atoms with Gasteiger partial charge in [-0.1, -0.05) is 5.16 Å². The summed E-state index contributed by atoms with van der Waals surface area (Å²) in [5, 5.41) is 5.51. The van der Waals surface area contributed by atoms with Crippen molar-refractivity contribution < 1.29 is 23.9 Å². The molecule has 0 saturated heterocycles. The lowest BCUT2D eigenvalue weighted by atomic mass is 10.2. The lowest BCUT2D eigenvalue weighted by Crippen LogP contribution is -2.26. The SMILES string of the molecule is CSCCOC(=O)C(=NOCC(=O)OC(C)(C)C)c1csc(N)n1. The van der Waals surface area contributed by atoms with Crippen LogP contribution in [0.4, 0.5) is 5.13 Å². The third-order valence-electron chi connectivity index (χ3n) is 2.24. The van der Waals surface area contributed by atoms with E-state index in [1.165, 1.54) is 11.8 Å². The molecule has 0 bridgehead atoms. The molecule has 1 aromatic rings. The minimum Gasteiger partial charge on any atom is -0.460 e. The number of carbonyl (C=O) groups is 2. The van der Waals surface area contributed by atoms with Crippen molar-refractivity contribution in [1.82, 2.24) is 4.98 Å². The Bertz CT molecular complexity index is 595. The highest BCUT2D eigenvalue weighted by molar-refractivity contribution is 7.98. The molecule has 0 spiro atoms. The van der Waals surface area contributed by atoms with Crippen LogP contribution in [0.1, 0.15) is 26.5 Å². The van der Waals surface area contributed by atoms with Crippen molar-refractivity contribution in [3.05, 3.63) is 11.1 Å². The number of rotatable bonds is 8. The van der Waals surface area contributed by atoms with Crippen molar-refractivity contribution >= 4 is 45.9 Å². The average Bonchev–Trinajstić information content (AvgIpc) is 2.88. The molecule has 1 heterocycles. The molecule has 0 unspecified atom stereocenters. The molecule has 0 aliphatic heterocycles. The fraction of sp³-hybridized carbons (Fsp3) is 0.571. The molecule has 24 heavy (non-hydrogen) atoms. The van der Waals surface area contributed by atoms with Crippen LogP contribution in [0.2, 0.25) is 0 Å². The van der Waals surface area contributed by atoms with Crippen LogP contribution < -0.4 is 5.73 Å². The van der Waals surface area contributed by atoms with Crippen LogP contribution >= 0.6 is 23.1 Å². The molecule has 0 amide bonds. The van der Waals surface area contributed by atoms with Gasteiger partial charge in [-0.05, 0) is 27.0 Å². The van der Waals surface area contributed by atoms with Crippen LogP contribution in [-0.4, -0.2) is 53.5 Å². The van der Waals surface area contributed by atoms with Gasteiger partial charge in [-0.3, -0.25) is 0 Å². The first-order valence-corrected chi connectivity index (χ1v) is 9.29. The Morgan fingerprint density at radius 2 is 2.12 bits per heavy atom. The van der Waals surface area contributed by atoms with E-state index < -0.39 is 24.1 Å². The fourth-order valence-electron chi connectivity index (χ4n) is 1.39. The second kappa shape index (κ2) is 9.48. The van der Waals surface area contributed by atoms with Crippen LogP contribution in [0, 0.1) is 0 Å². The second-order valence-corrected chi connectivity index (χ2v) is 7.37. The minimum atomic E-state index is -0.696. The Hall–Kier alpha value is -1.81. The molecule has 0 radical (unpaired) electrons. The predicted octanol–water partition coefficient (Wildman–Crippen LogP) is 1.69. The summed E-state index contributed by atoms with van der Waals surface area (Å²) in [6.45, 7) is 5.01. The minimum absolute atomic E-state index is 0.146. The number of aromatic nitrogens is 1. The first-order valence-electron chi connectivity index (χ1n) is 7.02. The van der Waals surface area contributed by atoms with Crippen molar-refractivity contribution in [3.8, 4) is 0 Å². The number of carbonyl (C=O) groups excluding carboxylic acids is 2. The van der Waals surface area contributed by atoms with Crippen LogP contribution in [0.25, 0.3) is 0 Å². The number of nitrogens with zero attached hydrogens (tertiary/aromatic N) is 2. The Morgan fingerprint density at radius 3 is 2.67 bits per heavy atom. The highest BCUT2D eigenvalue weighted by Gasteiger charge is 2.21. The summed E-state index contributed by atoms with van der Waals surface area (Å²) in [5.41, 5.74) is 5.02. The van der Waals surface area contributed by atoms with Gasteiger partial charge in [0.15, 0.2) is 5.13 Å². The molecule has 0 saturated carbocycles. The van der Waals surface area contributed by atoms with Crippen molar-refractivity contribution in [3.63, 3.8) is 0 Å². The maximum absolute atomic E-state index is 12.1. The normalized spacial score (nSPS) is 11.9. The molecular formula is C14H21N3O5S2. The highest BCUT2D eigenvalue weighted by Crippen LogP contribution is 2.13. The maximum Gasteiger partial charge on any atom is 0.362 e. The summed E-state index contributed by atoms with van der Waals surface area (Å²) < 4.78 is 10.2. The number of nitrogens with two attached hydrogens (primary N) is 1. The van der Waals surface area contributed by atoms with Gasteiger partial charge < -0.3 is 20.0 Å². The standard InChI is InChI=1S/C14H21N3O5S2/c1-14(2,3)22-10(18)7-21-17-11(9-8-24-13(15)16-9)12(19)20-5-6-23-4/h8H,5-7H2,1-4H3,(H2,15,16). The molecule has 0 atom stereocenters. The number of oxime groups is 1. The van der Waals surface area contributed by atoms with Crippen LogP contribution in [0.5, 0.6) is 0 Å². The van der Waals surface area contributed by atoms with E-state index in [0.717, 1.165) is 11.3 Å². The van der Waals surface area contributed by atoms with E-state index in [1.54, 1.807) is 26.2 Å². The van der Waals surface area contributed by atoms with Gasteiger partial charge in [0.2, 0.25) is 12.3 Å². The Labute approximate surface area is 148 Å². The summed E-state index contributed by atoms with van der Waals surface area (Å²) in [7, 11) is 0. The Morgan fingerprint density at radius 1 is 1.42 bits per heavy atom. The number of thioether (sulfide) groups is 1. The number of thiazole rings is 1. The molecule has 8 nitrogen and oxygen atoms in total. The first-order chi connectivity index (χ1) is 11.2. The molecule has 1 aromatic heterocycles. The summed E-state index contributed by atoms with van der Waals surface area (Å²) >= 11 is 2.69. The maximum atomic E-state index is 12.1. The van der Waals surface area contributed by atoms with Gasteiger partial charge >= 0.3 is 11.9 Å². The Kier molecular flexibility index (Phi) is 7.99. The van der Waals surface area contributed by atoms with Gasteiger partial charge in [-0.15, -0.1) is 11.3 Å². The summed E-state index contributed by atoms with van der Waals surface area (Å²) in [5.74, 6) is -0.644. The van der Waals surface area contributed by atoms with Gasteiger partial charge in [-0.2, -0.15) is 11.8 Å². The van der Waals surface area contributed by atoms with Crippen LogP contribution in [0.15, 0.2) is 10.5 Å². The molecule has 2 N–H and O–H groups in total. The smallest absolute Gasteiger partial charge is 0.362 e. The fourth-order valence-corrected chi connectivity index (χ4v) is 2.19. The van der Waals surface area contributed by atoms with Crippen LogP contribution in [-0.2, 0) is 23.9 Å². The van der Waals surface area contributed by atoms with Crippen molar-refractivity contribution in [2.24, 2.45) is 5.16 Å². The highest BCUT2D eigenvalue weighted by atomic mass is 32.2. The van der Waals surface area contributed by atoms with Gasteiger partial charge in [0.1, 0.15) is 17.9 Å².